The number of aliphatic carboxylic acids is 1. The van der Waals surface area contributed by atoms with Crippen LogP contribution in [0.5, 0.6) is 0 Å². The molecule has 5 aliphatic carbocycles. The fraction of sp³-hybridized carbons (Fsp3) is 0.938. The summed E-state index contributed by atoms with van der Waals surface area (Å²) in [5, 5.41) is 278. The summed E-state index contributed by atoms with van der Waals surface area (Å²) in [4.78, 5) is 44.0. The summed E-state index contributed by atoms with van der Waals surface area (Å²) in [5.41, 5.74) is -5.70. The van der Waals surface area contributed by atoms with E-state index < -0.39 is 366 Å². The molecule has 0 aromatic heterocycles. The minimum absolute atomic E-state index is 0.0207. The monoisotopic (exact) mass is 1840 g/mol. The number of hydrogen-bond acceptors (Lipinski definition) is 45. The van der Waals surface area contributed by atoms with Crippen LogP contribution in [-0.4, -0.2) is 456 Å². The van der Waals surface area contributed by atoms with Crippen molar-refractivity contribution in [2.24, 2.45) is 50.2 Å². The molecule has 0 aromatic rings. The second-order valence-corrected chi connectivity index (χ2v) is 38.7. The number of carbonyl (C=O) groups is 3. The Labute approximate surface area is 728 Å². The van der Waals surface area contributed by atoms with E-state index in [1.165, 1.54) is 13.8 Å². The van der Waals surface area contributed by atoms with Crippen LogP contribution < -0.4 is 0 Å². The second kappa shape index (κ2) is 38.4. The quantitative estimate of drug-likeness (QED) is 0.0195. The first-order valence-corrected chi connectivity index (χ1v) is 43.5. The van der Waals surface area contributed by atoms with Gasteiger partial charge in [0.05, 0.1) is 69.5 Å². The first-order chi connectivity index (χ1) is 59.7. The Hall–Kier alpha value is -3.29. The highest BCUT2D eigenvalue weighted by molar-refractivity contribution is 5.80. The zero-order valence-corrected chi connectivity index (χ0v) is 71.2. The molecule has 46 heteroatoms. The first kappa shape index (κ1) is 99.7. The molecule has 0 spiro atoms. The lowest BCUT2D eigenvalue weighted by Crippen LogP contribution is -2.69. The molecule has 0 unspecified atom stereocenters. The number of rotatable bonds is 23. The molecule has 46 nitrogen and oxygen atoms in total. The van der Waals surface area contributed by atoms with Gasteiger partial charge in [-0.3, -0.25) is 4.79 Å². The summed E-state index contributed by atoms with van der Waals surface area (Å²) in [7, 11) is 0. The molecule has 0 radical (unpaired) electrons. The third kappa shape index (κ3) is 17.7. The van der Waals surface area contributed by atoms with E-state index in [1.54, 1.807) is 6.92 Å². The predicted molar refractivity (Wildman–Crippen MR) is 407 cm³/mol. The number of fused-ring (bicyclic) bond motifs is 7. The lowest BCUT2D eigenvalue weighted by Gasteiger charge is -2.71. The van der Waals surface area contributed by atoms with Crippen molar-refractivity contribution in [1.29, 1.82) is 0 Å². The normalized spacial score (nSPS) is 54.9. The van der Waals surface area contributed by atoms with Crippen LogP contribution in [0.4, 0.5) is 0 Å². The molecular formula is C81H128O46. The zero-order chi connectivity index (χ0) is 92.6. The number of carboxylic acid groups (broad SMARTS) is 1. The smallest absolute Gasteiger partial charge is 0.335 e. The number of esters is 1. The minimum atomic E-state index is -2.34. The second-order valence-electron chi connectivity index (χ2n) is 38.7. The molecule has 4 saturated carbocycles. The SMILES string of the molecule is C[C@@H]1O[C@@H](O[C@H]2[C@H](OC(=O)[C@]34CCC(C)(C)C[C@H]3C3=CC[C@@H]5[C@@]6(C)CC[C@H](O[C@@H]7O[C@H](C(=O)O)[C@@H](O)[C@H](O[C@@H]8OC[C@@H](O)[C@H](O)[C@H]8O)[C@H]7O[C@@H]7O[C@H](CO)[C@H](O)[C@H](O)[C@H]7O)[C@@](C)(C=O)[C@@H]6CC[C@@]5(C)[C@]3(C)C[C@H]4O)O[C@H](C)[C@H](O[C@H]3O[C@H](CO)[C@H](O)[C@H](O)[C@H]3O)[C@@H]2O)[C@H](O)[C@H](O[C@@H]2O[C@H](CO)[C@@H](O)[C@H](O)[C@H]2O)[C@H]1O[C@@H]1OC[C@@H](O)[C@H](O[C@@H]2OC[C@@H](O)[C@H](O)[C@H]2O)[C@H]1O. The molecule has 9 saturated heterocycles. The number of ether oxygens (including phenoxy) is 18. The van der Waals surface area contributed by atoms with Crippen molar-refractivity contribution < 1.29 is 227 Å². The van der Waals surface area contributed by atoms with Crippen molar-refractivity contribution in [2.45, 2.75) is 383 Å². The highest BCUT2D eigenvalue weighted by Crippen LogP contribution is 2.76. The summed E-state index contributed by atoms with van der Waals surface area (Å²) in [5.74, 6) is -4.59. The number of aliphatic hydroxyl groups excluding tert-OH is 24. The van der Waals surface area contributed by atoms with Crippen molar-refractivity contribution in [3.05, 3.63) is 11.6 Å². The molecule has 0 aromatic carbocycles. The Kier molecular flexibility index (Phi) is 30.1. The van der Waals surface area contributed by atoms with Gasteiger partial charge in [-0.05, 0) is 111 Å². The molecule has 9 aliphatic heterocycles. The largest absolute Gasteiger partial charge is 0.479 e. The standard InChI is InChI=1S/C81H128O46/c1-26-57(119-69-50(100)45(95)42(92)33(19-82)115-69)53(103)63(125-72-56(106)61(123-70-51(101)46(96)43(93)34(20-83)116-70)58(27(2)113-72)120-68-55(105)59(32(88)24-112-68)121-66-48(98)40(90)30(86)22-110-66)73(114-26)127-75(109)81-16-15-76(3,4)17-29(81)28-9-10-37-77(5)13-12-39(78(6,25-85)36(77)11-14-79(37,7)80(28,8)18-38(81)89)118-74-64(126-71-52(102)47(97)44(94)35(21-84)117-71)60(54(104)62(124-74)65(107)108)122-67-49(99)41(91)31(87)23-111-67/h9,25-27,29-64,66-74,82-84,86-106H,10-24H2,1-8H3,(H,107,108)/t26-,27+,29+,30-,31-,32-,33-,34-,35-,36-,37-,38-,39+,40+,41+,42+,43-,44+,45+,46+,47+,48-,49-,50-,51-,52-,53+,54+,55-,56-,57+,58+,59+,60+,61+,62+,63-,64-,66+,67+,68+,69-,70+,71+,72+,73+,74-,77+,78+,79-,80-,81-/m1/s1. The molecule has 9 heterocycles. The maximum Gasteiger partial charge on any atom is 0.335 e. The number of carbonyl (C=O) groups excluding carboxylic acids is 2. The first-order valence-electron chi connectivity index (χ1n) is 43.5. The predicted octanol–water partition coefficient (Wildman–Crippen LogP) is -10.7. The van der Waals surface area contributed by atoms with Crippen LogP contribution in [0, 0.1) is 50.2 Å². The molecule has 13 fully saturated rings. The minimum Gasteiger partial charge on any atom is -0.479 e. The van der Waals surface area contributed by atoms with Gasteiger partial charge in [0.15, 0.2) is 62.5 Å². The van der Waals surface area contributed by atoms with E-state index in [1.807, 2.05) is 20.8 Å². The van der Waals surface area contributed by atoms with Crippen molar-refractivity contribution in [1.82, 2.24) is 0 Å². The van der Waals surface area contributed by atoms with Gasteiger partial charge in [0.1, 0.15) is 189 Å². The molecule has 14 aliphatic rings. The van der Waals surface area contributed by atoms with Gasteiger partial charge >= 0.3 is 11.9 Å². The summed E-state index contributed by atoms with van der Waals surface area (Å²) in [6.45, 7) is 9.86. The van der Waals surface area contributed by atoms with Gasteiger partial charge in [-0.15, -0.1) is 0 Å². The highest BCUT2D eigenvalue weighted by atomic mass is 16.8. The van der Waals surface area contributed by atoms with Gasteiger partial charge in [-0.1, -0.05) is 53.2 Å². The van der Waals surface area contributed by atoms with E-state index in [-0.39, 0.29) is 38.0 Å². The van der Waals surface area contributed by atoms with Gasteiger partial charge in [0, 0.05) is 0 Å². The van der Waals surface area contributed by atoms with E-state index in [4.69, 9.17) is 85.3 Å². The van der Waals surface area contributed by atoms with Gasteiger partial charge in [0.25, 0.3) is 0 Å². The summed E-state index contributed by atoms with van der Waals surface area (Å²) in [6, 6.07) is 0. The fourth-order valence-electron chi connectivity index (χ4n) is 23.0. The lowest BCUT2D eigenvalue weighted by atomic mass is 9.33. The molecule has 0 amide bonds. The molecule has 127 heavy (non-hydrogen) atoms. The Morgan fingerprint density at radius 3 is 1.38 bits per heavy atom. The molecule has 728 valence electrons. The van der Waals surface area contributed by atoms with Gasteiger partial charge in [-0.25, -0.2) is 4.79 Å². The number of aliphatic hydroxyl groups is 24. The average Bonchev–Trinajstić information content (AvgIpc) is 0.668. The summed E-state index contributed by atoms with van der Waals surface area (Å²) >= 11 is 0. The topological polar surface area (TPSA) is 723 Å². The summed E-state index contributed by atoms with van der Waals surface area (Å²) < 4.78 is 109. The molecular weight excluding hydrogens is 1710 g/mol. The molecule has 52 atom stereocenters. The maximum atomic E-state index is 16.4. The van der Waals surface area contributed by atoms with Crippen molar-refractivity contribution in [3.63, 3.8) is 0 Å². The molecule has 0 bridgehead atoms. The Morgan fingerprint density at radius 1 is 0.409 bits per heavy atom. The average molecular weight is 1840 g/mol. The zero-order valence-electron chi connectivity index (χ0n) is 71.2. The number of aldehydes is 1. The van der Waals surface area contributed by atoms with E-state index in [9.17, 15) is 137 Å². The van der Waals surface area contributed by atoms with Crippen molar-refractivity contribution >= 4 is 18.2 Å². The van der Waals surface area contributed by atoms with Crippen molar-refractivity contribution in [3.8, 4) is 0 Å². The summed E-state index contributed by atoms with van der Waals surface area (Å²) in [6.07, 6.45) is -79.6. The van der Waals surface area contributed by atoms with Crippen LogP contribution in [0.25, 0.3) is 0 Å². The van der Waals surface area contributed by atoms with Crippen LogP contribution in [-0.2, 0) is 99.6 Å². The van der Waals surface area contributed by atoms with Crippen LogP contribution in [0.15, 0.2) is 11.6 Å². The van der Waals surface area contributed by atoms with E-state index >= 15 is 4.79 Å². The lowest BCUT2D eigenvalue weighted by molar-refractivity contribution is -0.402. The third-order valence-electron chi connectivity index (χ3n) is 30.7. The Balaban J connectivity index is 0.760. The van der Waals surface area contributed by atoms with Gasteiger partial charge in [-0.2, -0.15) is 0 Å². The van der Waals surface area contributed by atoms with E-state index in [0.717, 1.165) is 11.9 Å². The molecule has 25 N–H and O–H groups in total. The number of allylic oxidation sites excluding steroid dienone is 2. The Morgan fingerprint density at radius 2 is 0.850 bits per heavy atom. The number of carboxylic acids is 1. The highest BCUT2D eigenvalue weighted by Gasteiger charge is 2.74. The Bertz CT molecular complexity index is 3760. The molecule has 14 rings (SSSR count). The van der Waals surface area contributed by atoms with E-state index in [0.29, 0.717) is 25.7 Å². The van der Waals surface area contributed by atoms with Crippen molar-refractivity contribution in [2.75, 3.05) is 39.6 Å². The fourth-order valence-corrected chi connectivity index (χ4v) is 23.0. The third-order valence-corrected chi connectivity index (χ3v) is 30.7. The number of hydrogen-bond donors (Lipinski definition) is 25. The van der Waals surface area contributed by atoms with Crippen LogP contribution in [0.1, 0.15) is 113 Å². The van der Waals surface area contributed by atoms with Gasteiger partial charge in [0.2, 0.25) is 6.29 Å². The van der Waals surface area contributed by atoms with Crippen LogP contribution in [0.3, 0.4) is 0 Å². The van der Waals surface area contributed by atoms with Crippen LogP contribution in [0.2, 0.25) is 0 Å². The maximum absolute atomic E-state index is 16.4. The van der Waals surface area contributed by atoms with E-state index in [2.05, 4.69) is 19.9 Å². The van der Waals surface area contributed by atoms with Crippen LogP contribution >= 0.6 is 0 Å². The van der Waals surface area contributed by atoms with Gasteiger partial charge < -0.3 is 218 Å².